The number of carbonyl (C=O) groups is 2. The van der Waals surface area contributed by atoms with Crippen molar-refractivity contribution in [3.8, 4) is 5.75 Å². The molecule has 5 nitrogen and oxygen atoms in total. The average Bonchev–Trinajstić information content (AvgIpc) is 2.36. The van der Waals surface area contributed by atoms with Gasteiger partial charge in [0, 0.05) is 0 Å². The van der Waals surface area contributed by atoms with Gasteiger partial charge in [-0.05, 0) is 17.5 Å². The number of benzene rings is 1. The number of nitrogens with one attached hydrogen (secondary N) is 1. The molecule has 0 radical (unpaired) electrons. The van der Waals surface area contributed by atoms with E-state index >= 15 is 0 Å². The first-order valence-electron chi connectivity index (χ1n) is 6.67. The Morgan fingerprint density at radius 3 is 2.45 bits per heavy atom. The van der Waals surface area contributed by atoms with Crippen LogP contribution in [0, 0.1) is 5.41 Å². The smallest absolute Gasteiger partial charge is 0.387 e. The largest absolute Gasteiger partial charge is 0.456 e. The van der Waals surface area contributed by atoms with Gasteiger partial charge in [-0.1, -0.05) is 32.9 Å². The summed E-state index contributed by atoms with van der Waals surface area (Å²) in [6.07, 6.45) is 0.172. The van der Waals surface area contributed by atoms with Gasteiger partial charge in [-0.15, -0.1) is 0 Å². The minimum Gasteiger partial charge on any atom is -0.456 e. The van der Waals surface area contributed by atoms with E-state index in [1.54, 1.807) is 6.07 Å². The van der Waals surface area contributed by atoms with Gasteiger partial charge in [-0.2, -0.15) is 8.78 Å². The van der Waals surface area contributed by atoms with Gasteiger partial charge >= 0.3 is 12.6 Å². The highest BCUT2D eigenvalue weighted by Gasteiger charge is 2.18. The topological polar surface area (TPSA) is 64.6 Å². The molecule has 22 heavy (non-hydrogen) atoms. The first-order chi connectivity index (χ1) is 10.2. The molecule has 122 valence electrons. The molecule has 0 fully saturated rings. The van der Waals surface area contributed by atoms with Crippen LogP contribution in [0.3, 0.4) is 0 Å². The molecule has 0 saturated heterocycles. The summed E-state index contributed by atoms with van der Waals surface area (Å²) in [4.78, 5) is 23.2. The molecule has 1 aromatic rings. The van der Waals surface area contributed by atoms with E-state index in [1.807, 2.05) is 20.8 Å². The summed E-state index contributed by atoms with van der Waals surface area (Å²) in [7, 11) is 0. The van der Waals surface area contributed by atoms with Gasteiger partial charge in [-0.25, -0.2) is 0 Å². The quantitative estimate of drug-likeness (QED) is 0.819. The van der Waals surface area contributed by atoms with Crippen molar-refractivity contribution < 1.29 is 27.8 Å². The number of anilines is 1. The summed E-state index contributed by atoms with van der Waals surface area (Å²) in [5.41, 5.74) is -0.162. The van der Waals surface area contributed by atoms with Crippen LogP contribution in [0.2, 0.25) is 0 Å². The normalized spacial score (nSPS) is 11.2. The third-order valence-electron chi connectivity index (χ3n) is 2.42. The maximum atomic E-state index is 12.2. The van der Waals surface area contributed by atoms with Crippen molar-refractivity contribution in [1.82, 2.24) is 0 Å². The molecule has 0 heterocycles. The lowest BCUT2D eigenvalue weighted by atomic mass is 9.92. The zero-order chi connectivity index (χ0) is 16.8. The first kappa shape index (κ1) is 17.9. The molecule has 1 N–H and O–H groups in total. The van der Waals surface area contributed by atoms with Gasteiger partial charge in [0.1, 0.15) is 5.75 Å². The molecule has 0 aromatic heterocycles. The van der Waals surface area contributed by atoms with Gasteiger partial charge in [-0.3, -0.25) is 9.59 Å². The lowest BCUT2D eigenvalue weighted by Gasteiger charge is -2.16. The minimum absolute atomic E-state index is 0.0830. The predicted molar refractivity (Wildman–Crippen MR) is 76.7 cm³/mol. The lowest BCUT2D eigenvalue weighted by Crippen LogP contribution is -2.23. The van der Waals surface area contributed by atoms with E-state index in [9.17, 15) is 18.4 Å². The molecule has 0 saturated carbocycles. The maximum absolute atomic E-state index is 12.2. The number of hydrogen-bond donors (Lipinski definition) is 1. The van der Waals surface area contributed by atoms with Gasteiger partial charge in [0.15, 0.2) is 6.61 Å². The molecule has 1 aromatic carbocycles. The van der Waals surface area contributed by atoms with Crippen LogP contribution in [0.25, 0.3) is 0 Å². The van der Waals surface area contributed by atoms with Gasteiger partial charge < -0.3 is 14.8 Å². The summed E-state index contributed by atoms with van der Waals surface area (Å²) in [6, 6.07) is 5.76. The Morgan fingerprint density at radius 1 is 1.23 bits per heavy atom. The molecule has 0 bridgehead atoms. The van der Waals surface area contributed by atoms with Crippen LogP contribution < -0.4 is 10.1 Å². The molecule has 0 unspecified atom stereocenters. The fourth-order valence-corrected chi connectivity index (χ4v) is 1.59. The van der Waals surface area contributed by atoms with Crippen molar-refractivity contribution in [2.75, 3.05) is 11.9 Å². The molecule has 0 atom stereocenters. The first-order valence-corrected chi connectivity index (χ1v) is 6.67. The van der Waals surface area contributed by atoms with Crippen molar-refractivity contribution >= 4 is 17.6 Å². The molecule has 0 aliphatic carbocycles. The Hall–Kier alpha value is -2.18. The fraction of sp³-hybridized carbons (Fsp3) is 0.467. The lowest BCUT2D eigenvalue weighted by molar-refractivity contribution is -0.149. The molecule has 0 spiro atoms. The highest BCUT2D eigenvalue weighted by atomic mass is 19.3. The number of para-hydroxylation sites is 2. The zero-order valence-corrected chi connectivity index (χ0v) is 12.7. The number of esters is 1. The van der Waals surface area contributed by atoms with Crippen LogP contribution in [0.15, 0.2) is 24.3 Å². The van der Waals surface area contributed by atoms with E-state index in [4.69, 9.17) is 4.74 Å². The Bertz CT molecular complexity index is 527. The number of halogens is 2. The standard InChI is InChI=1S/C15H19F2NO4/c1-15(2,3)8-13(20)21-9-12(19)18-10-6-4-5-7-11(10)22-14(16)17/h4-7,14H,8-9H2,1-3H3,(H,18,19). The van der Waals surface area contributed by atoms with Gasteiger partial charge in [0.05, 0.1) is 12.1 Å². The molecule has 0 aliphatic heterocycles. The number of amides is 1. The van der Waals surface area contributed by atoms with E-state index in [0.29, 0.717) is 0 Å². The van der Waals surface area contributed by atoms with E-state index in [0.717, 1.165) is 0 Å². The zero-order valence-electron chi connectivity index (χ0n) is 12.7. The van der Waals surface area contributed by atoms with Crippen molar-refractivity contribution in [3.05, 3.63) is 24.3 Å². The number of hydrogen-bond acceptors (Lipinski definition) is 4. The maximum Gasteiger partial charge on any atom is 0.387 e. The SMILES string of the molecule is CC(C)(C)CC(=O)OCC(=O)Nc1ccccc1OC(F)F. The van der Waals surface area contributed by atoms with Gasteiger partial charge in [0.25, 0.3) is 5.91 Å². The summed E-state index contributed by atoms with van der Waals surface area (Å²) in [6.45, 7) is 2.12. The van der Waals surface area contributed by atoms with E-state index < -0.39 is 25.1 Å². The highest BCUT2D eigenvalue weighted by molar-refractivity contribution is 5.94. The molecular weight excluding hydrogens is 296 g/mol. The fourth-order valence-electron chi connectivity index (χ4n) is 1.59. The van der Waals surface area contributed by atoms with Crippen molar-refractivity contribution in [2.24, 2.45) is 5.41 Å². The number of carbonyl (C=O) groups excluding carboxylic acids is 2. The van der Waals surface area contributed by atoms with Crippen molar-refractivity contribution in [3.63, 3.8) is 0 Å². The van der Waals surface area contributed by atoms with Gasteiger partial charge in [0.2, 0.25) is 0 Å². The summed E-state index contributed by atoms with van der Waals surface area (Å²) in [5.74, 6) is -1.29. The predicted octanol–water partition coefficient (Wildman–Crippen LogP) is 3.21. The second kappa shape index (κ2) is 7.72. The van der Waals surface area contributed by atoms with E-state index in [2.05, 4.69) is 10.1 Å². The minimum atomic E-state index is -3.00. The summed E-state index contributed by atoms with van der Waals surface area (Å²) < 4.78 is 33.6. The summed E-state index contributed by atoms with van der Waals surface area (Å²) >= 11 is 0. The third-order valence-corrected chi connectivity index (χ3v) is 2.42. The van der Waals surface area contributed by atoms with Crippen LogP contribution in [0.4, 0.5) is 14.5 Å². The van der Waals surface area contributed by atoms with Crippen molar-refractivity contribution in [1.29, 1.82) is 0 Å². The monoisotopic (exact) mass is 315 g/mol. The molecular formula is C15H19F2NO4. The van der Waals surface area contributed by atoms with Crippen LogP contribution in [0.1, 0.15) is 27.2 Å². The Balaban J connectivity index is 2.54. The number of rotatable bonds is 6. The molecule has 7 heteroatoms. The average molecular weight is 315 g/mol. The van der Waals surface area contributed by atoms with Crippen LogP contribution in [-0.2, 0) is 14.3 Å². The second-order valence-corrected chi connectivity index (χ2v) is 5.82. The Labute approximate surface area is 127 Å². The molecule has 0 aliphatic rings. The number of alkyl halides is 2. The Morgan fingerprint density at radius 2 is 1.86 bits per heavy atom. The molecule has 1 amide bonds. The third kappa shape index (κ3) is 7.01. The summed E-state index contributed by atoms with van der Waals surface area (Å²) in [5, 5.41) is 2.36. The number of ether oxygens (including phenoxy) is 2. The van der Waals surface area contributed by atoms with Crippen LogP contribution >= 0.6 is 0 Å². The van der Waals surface area contributed by atoms with Crippen LogP contribution in [0.5, 0.6) is 5.75 Å². The molecule has 1 rings (SSSR count). The van der Waals surface area contributed by atoms with Crippen LogP contribution in [-0.4, -0.2) is 25.1 Å². The van der Waals surface area contributed by atoms with E-state index in [-0.39, 0.29) is 23.3 Å². The van der Waals surface area contributed by atoms with Crippen molar-refractivity contribution in [2.45, 2.75) is 33.8 Å². The Kier molecular flexibility index (Phi) is 6.27. The second-order valence-electron chi connectivity index (χ2n) is 5.82. The highest BCUT2D eigenvalue weighted by Crippen LogP contribution is 2.25. The van der Waals surface area contributed by atoms with E-state index in [1.165, 1.54) is 18.2 Å².